The number of nitrogens with one attached hydrogen (secondary N) is 1. The summed E-state index contributed by atoms with van der Waals surface area (Å²) in [5.41, 5.74) is 0. The Bertz CT molecular complexity index is 288. The van der Waals surface area contributed by atoms with Crippen LogP contribution in [0, 0.1) is 5.92 Å². The second-order valence-electron chi connectivity index (χ2n) is 4.91. The largest absolute Gasteiger partial charge is 0.318 e. The lowest BCUT2D eigenvalue weighted by molar-refractivity contribution is 0.334. The second-order valence-corrected chi connectivity index (χ2v) is 7.32. The molecule has 0 bridgehead atoms. The number of nitrogens with zero attached hydrogens (tertiary/aromatic N) is 1. The van der Waals surface area contributed by atoms with Crippen LogP contribution in [0.5, 0.6) is 0 Å². The average molecular weight is 250 g/mol. The zero-order valence-electron chi connectivity index (χ0n) is 11.3. The molecule has 0 aliphatic heterocycles. The summed E-state index contributed by atoms with van der Waals surface area (Å²) in [6, 6.07) is 0.0595. The van der Waals surface area contributed by atoms with Gasteiger partial charge in [0.2, 0.25) is 10.0 Å². The quantitative estimate of drug-likeness (QED) is 0.741. The molecule has 0 aromatic rings. The van der Waals surface area contributed by atoms with E-state index in [-0.39, 0.29) is 11.3 Å². The summed E-state index contributed by atoms with van der Waals surface area (Å²) in [5.74, 6) is 0.507. The van der Waals surface area contributed by atoms with Crippen molar-refractivity contribution < 1.29 is 8.42 Å². The topological polar surface area (TPSA) is 49.4 Å². The van der Waals surface area contributed by atoms with Crippen LogP contribution >= 0.6 is 0 Å². The van der Waals surface area contributed by atoms with Gasteiger partial charge in [-0.1, -0.05) is 13.8 Å². The van der Waals surface area contributed by atoms with Crippen molar-refractivity contribution in [3.63, 3.8) is 0 Å². The van der Waals surface area contributed by atoms with Gasteiger partial charge in [0.15, 0.2) is 0 Å². The molecule has 0 spiro atoms. The van der Waals surface area contributed by atoms with Gasteiger partial charge >= 0.3 is 0 Å². The van der Waals surface area contributed by atoms with E-state index in [1.807, 2.05) is 6.92 Å². The Labute approximate surface area is 100 Å². The predicted octanol–water partition coefficient (Wildman–Crippen LogP) is 1.29. The summed E-state index contributed by atoms with van der Waals surface area (Å²) in [4.78, 5) is 0. The van der Waals surface area contributed by atoms with Crippen LogP contribution in [-0.2, 0) is 10.0 Å². The van der Waals surface area contributed by atoms with Gasteiger partial charge in [-0.25, -0.2) is 12.7 Å². The van der Waals surface area contributed by atoms with Crippen molar-refractivity contribution in [3.8, 4) is 0 Å². The first-order valence-electron chi connectivity index (χ1n) is 5.84. The molecule has 0 aliphatic rings. The van der Waals surface area contributed by atoms with E-state index in [0.29, 0.717) is 12.5 Å². The second kappa shape index (κ2) is 6.57. The minimum Gasteiger partial charge on any atom is -0.318 e. The Morgan fingerprint density at radius 1 is 1.19 bits per heavy atom. The van der Waals surface area contributed by atoms with Crippen molar-refractivity contribution in [1.29, 1.82) is 0 Å². The van der Waals surface area contributed by atoms with Gasteiger partial charge in [-0.3, -0.25) is 0 Å². The molecule has 4 nitrogen and oxygen atoms in total. The van der Waals surface area contributed by atoms with Crippen molar-refractivity contribution in [1.82, 2.24) is 9.62 Å². The van der Waals surface area contributed by atoms with Crippen LogP contribution in [0.1, 0.15) is 34.1 Å². The van der Waals surface area contributed by atoms with Crippen LogP contribution in [0.2, 0.25) is 0 Å². The zero-order valence-corrected chi connectivity index (χ0v) is 12.1. The van der Waals surface area contributed by atoms with Gasteiger partial charge in [-0.05, 0) is 33.2 Å². The molecule has 0 fully saturated rings. The predicted molar refractivity (Wildman–Crippen MR) is 69.0 cm³/mol. The minimum atomic E-state index is -3.18. The number of rotatable bonds is 7. The van der Waals surface area contributed by atoms with Crippen molar-refractivity contribution in [2.45, 2.75) is 45.4 Å². The fourth-order valence-electron chi connectivity index (χ4n) is 1.76. The van der Waals surface area contributed by atoms with Crippen LogP contribution in [0.3, 0.4) is 0 Å². The summed E-state index contributed by atoms with van der Waals surface area (Å²) >= 11 is 0. The van der Waals surface area contributed by atoms with Gasteiger partial charge in [0.05, 0.1) is 5.25 Å². The lowest BCUT2D eigenvalue weighted by Gasteiger charge is -2.28. The van der Waals surface area contributed by atoms with E-state index in [4.69, 9.17) is 0 Å². The molecule has 0 aromatic carbocycles. The smallest absolute Gasteiger partial charge is 0.217 e. The highest BCUT2D eigenvalue weighted by Gasteiger charge is 2.28. The van der Waals surface area contributed by atoms with Crippen LogP contribution in [-0.4, -0.2) is 44.7 Å². The Balaban J connectivity index is 4.62. The molecule has 1 N–H and O–H groups in total. The molecule has 0 radical (unpaired) electrons. The molecule has 16 heavy (non-hydrogen) atoms. The van der Waals surface area contributed by atoms with E-state index in [2.05, 4.69) is 19.2 Å². The maximum Gasteiger partial charge on any atom is 0.217 e. The molecule has 2 unspecified atom stereocenters. The highest BCUT2D eigenvalue weighted by Crippen LogP contribution is 2.15. The summed E-state index contributed by atoms with van der Waals surface area (Å²) in [5, 5.41) is 2.52. The highest BCUT2D eigenvalue weighted by atomic mass is 32.2. The maximum absolute atomic E-state index is 12.1. The molecule has 98 valence electrons. The lowest BCUT2D eigenvalue weighted by Crippen LogP contribution is -2.43. The Morgan fingerprint density at radius 2 is 1.69 bits per heavy atom. The van der Waals surface area contributed by atoms with Gasteiger partial charge < -0.3 is 5.32 Å². The highest BCUT2D eigenvalue weighted by molar-refractivity contribution is 7.89. The Morgan fingerprint density at radius 3 is 2.06 bits per heavy atom. The molecule has 0 rings (SSSR count). The number of hydrogen-bond acceptors (Lipinski definition) is 3. The molecule has 0 saturated heterocycles. The van der Waals surface area contributed by atoms with E-state index in [1.54, 1.807) is 21.0 Å². The first-order valence-corrected chi connectivity index (χ1v) is 7.35. The summed E-state index contributed by atoms with van der Waals surface area (Å²) in [6.07, 6.45) is 0.891. The molecule has 5 heteroatoms. The Hall–Kier alpha value is -0.130. The molecule has 0 heterocycles. The number of hydrogen-bond donors (Lipinski definition) is 1. The van der Waals surface area contributed by atoms with E-state index >= 15 is 0 Å². The van der Waals surface area contributed by atoms with Crippen molar-refractivity contribution in [2.24, 2.45) is 5.92 Å². The molecular weight excluding hydrogens is 224 g/mol. The summed E-state index contributed by atoms with van der Waals surface area (Å²) in [6.45, 7) is 8.40. The van der Waals surface area contributed by atoms with Crippen molar-refractivity contribution in [2.75, 3.05) is 20.6 Å². The first kappa shape index (κ1) is 15.9. The SMILES string of the molecule is CNCC(C)S(=O)(=O)N(C)C(C)CC(C)C. The van der Waals surface area contributed by atoms with Gasteiger partial charge in [-0.2, -0.15) is 0 Å². The molecule has 0 aliphatic carbocycles. The van der Waals surface area contributed by atoms with Crippen LogP contribution in [0.4, 0.5) is 0 Å². The van der Waals surface area contributed by atoms with Gasteiger partial charge in [0.1, 0.15) is 0 Å². The Kier molecular flexibility index (Phi) is 6.51. The summed E-state index contributed by atoms with van der Waals surface area (Å²) < 4.78 is 25.8. The monoisotopic (exact) mass is 250 g/mol. The van der Waals surface area contributed by atoms with E-state index in [1.165, 1.54) is 4.31 Å². The normalized spacial score (nSPS) is 16.8. The van der Waals surface area contributed by atoms with E-state index in [9.17, 15) is 8.42 Å². The fraction of sp³-hybridized carbons (Fsp3) is 1.00. The molecule has 0 saturated carbocycles. The van der Waals surface area contributed by atoms with Crippen molar-refractivity contribution >= 4 is 10.0 Å². The molecule has 0 aromatic heterocycles. The molecular formula is C11H26N2O2S. The summed E-state index contributed by atoms with van der Waals surface area (Å²) in [7, 11) is 0.267. The zero-order chi connectivity index (χ0) is 12.9. The maximum atomic E-state index is 12.1. The minimum absolute atomic E-state index is 0.0595. The molecule has 0 amide bonds. The molecule has 2 atom stereocenters. The van der Waals surface area contributed by atoms with Gasteiger partial charge in [0, 0.05) is 19.6 Å². The lowest BCUT2D eigenvalue weighted by atomic mass is 10.1. The van der Waals surface area contributed by atoms with E-state index < -0.39 is 10.0 Å². The standard InChI is InChI=1S/C11H26N2O2S/c1-9(2)7-10(3)13(6)16(14,15)11(4)8-12-5/h9-12H,7-8H2,1-6H3. The third kappa shape index (κ3) is 4.39. The van der Waals surface area contributed by atoms with Crippen molar-refractivity contribution in [3.05, 3.63) is 0 Å². The van der Waals surface area contributed by atoms with Crippen LogP contribution in [0.25, 0.3) is 0 Å². The number of sulfonamides is 1. The fourth-order valence-corrected chi connectivity index (χ4v) is 3.29. The average Bonchev–Trinajstić information content (AvgIpc) is 2.15. The van der Waals surface area contributed by atoms with Crippen LogP contribution in [0.15, 0.2) is 0 Å². The first-order chi connectivity index (χ1) is 7.23. The van der Waals surface area contributed by atoms with Crippen LogP contribution < -0.4 is 5.32 Å². The third-order valence-electron chi connectivity index (χ3n) is 2.83. The van der Waals surface area contributed by atoms with E-state index in [0.717, 1.165) is 6.42 Å². The van der Waals surface area contributed by atoms with Gasteiger partial charge in [-0.15, -0.1) is 0 Å². The van der Waals surface area contributed by atoms with Gasteiger partial charge in [0.25, 0.3) is 0 Å². The third-order valence-corrected chi connectivity index (χ3v) is 5.18.